The van der Waals surface area contributed by atoms with Crippen molar-refractivity contribution in [2.45, 2.75) is 13.5 Å². The molecule has 7 heteroatoms. The molecule has 2 aromatic heterocycles. The maximum absolute atomic E-state index is 10.7. The minimum atomic E-state index is -1.03. The van der Waals surface area contributed by atoms with E-state index in [1.807, 2.05) is 6.92 Å². The molecule has 0 unspecified atom stereocenters. The van der Waals surface area contributed by atoms with Gasteiger partial charge in [0.15, 0.2) is 5.82 Å². The molecule has 0 bridgehead atoms. The molecule has 0 aliphatic rings. The van der Waals surface area contributed by atoms with Crippen molar-refractivity contribution >= 4 is 11.7 Å². The third kappa shape index (κ3) is 1.62. The van der Waals surface area contributed by atoms with Crippen LogP contribution >= 0.6 is 0 Å². The van der Waals surface area contributed by atoms with E-state index in [-0.39, 0.29) is 5.56 Å². The van der Waals surface area contributed by atoms with Crippen LogP contribution in [0.15, 0.2) is 18.6 Å². The highest BCUT2D eigenvalue weighted by molar-refractivity contribution is 5.87. The molecular formula is C9H11N5O2. The first-order valence-electron chi connectivity index (χ1n) is 4.73. The standard InChI is InChI=1S/C9H11N5O2/c1-2-13-5-7(10)8(12-13)14-4-6(3-11-14)9(15)16/h3-5H,2,10H2,1H3,(H,15,16). The van der Waals surface area contributed by atoms with Gasteiger partial charge in [-0.05, 0) is 6.92 Å². The molecule has 0 amide bonds. The van der Waals surface area contributed by atoms with Gasteiger partial charge >= 0.3 is 5.97 Å². The summed E-state index contributed by atoms with van der Waals surface area (Å²) in [5, 5.41) is 16.8. The smallest absolute Gasteiger partial charge is 0.338 e. The summed E-state index contributed by atoms with van der Waals surface area (Å²) in [7, 11) is 0. The highest BCUT2D eigenvalue weighted by Crippen LogP contribution is 2.14. The number of rotatable bonds is 3. The maximum atomic E-state index is 10.7. The lowest BCUT2D eigenvalue weighted by Crippen LogP contribution is -2.01. The summed E-state index contributed by atoms with van der Waals surface area (Å²) in [5.41, 5.74) is 6.31. The molecule has 0 radical (unpaired) electrons. The number of nitrogen functional groups attached to an aromatic ring is 1. The van der Waals surface area contributed by atoms with E-state index in [1.165, 1.54) is 17.1 Å². The van der Waals surface area contributed by atoms with Crippen molar-refractivity contribution in [3.05, 3.63) is 24.2 Å². The van der Waals surface area contributed by atoms with E-state index in [0.717, 1.165) is 0 Å². The fraction of sp³-hybridized carbons (Fsp3) is 0.222. The van der Waals surface area contributed by atoms with Crippen molar-refractivity contribution in [3.63, 3.8) is 0 Å². The van der Waals surface area contributed by atoms with Gasteiger partial charge in [-0.2, -0.15) is 10.2 Å². The first kappa shape index (κ1) is 10.2. The van der Waals surface area contributed by atoms with E-state index < -0.39 is 5.97 Å². The van der Waals surface area contributed by atoms with Crippen molar-refractivity contribution in [3.8, 4) is 5.82 Å². The SMILES string of the molecule is CCn1cc(N)c(-n2cc(C(=O)O)cn2)n1. The van der Waals surface area contributed by atoms with Crippen LogP contribution in [0.4, 0.5) is 5.69 Å². The van der Waals surface area contributed by atoms with Crippen LogP contribution in [0.25, 0.3) is 5.82 Å². The van der Waals surface area contributed by atoms with Crippen LogP contribution in [0.5, 0.6) is 0 Å². The van der Waals surface area contributed by atoms with Crippen molar-refractivity contribution in [1.82, 2.24) is 19.6 Å². The van der Waals surface area contributed by atoms with Gasteiger partial charge in [0, 0.05) is 12.7 Å². The van der Waals surface area contributed by atoms with E-state index in [9.17, 15) is 4.79 Å². The molecule has 2 aromatic rings. The molecule has 0 saturated heterocycles. The number of hydrogen-bond donors (Lipinski definition) is 2. The van der Waals surface area contributed by atoms with Crippen LogP contribution in [0.3, 0.4) is 0 Å². The molecule has 0 aromatic carbocycles. The average Bonchev–Trinajstić information content (AvgIpc) is 2.83. The lowest BCUT2D eigenvalue weighted by molar-refractivity contribution is 0.0697. The fourth-order valence-electron chi connectivity index (χ4n) is 1.32. The summed E-state index contributed by atoms with van der Waals surface area (Å²) in [6.45, 7) is 2.62. The predicted octanol–water partition coefficient (Wildman–Crippen LogP) is 0.369. The van der Waals surface area contributed by atoms with Crippen LogP contribution in [0.1, 0.15) is 17.3 Å². The highest BCUT2D eigenvalue weighted by Gasteiger charge is 2.11. The Morgan fingerprint density at radius 3 is 2.81 bits per heavy atom. The zero-order valence-electron chi connectivity index (χ0n) is 8.66. The molecule has 0 spiro atoms. The van der Waals surface area contributed by atoms with Gasteiger partial charge in [-0.3, -0.25) is 4.68 Å². The average molecular weight is 221 g/mol. The summed E-state index contributed by atoms with van der Waals surface area (Å²) < 4.78 is 3.01. The predicted molar refractivity (Wildman–Crippen MR) is 56.4 cm³/mol. The molecule has 0 aliphatic carbocycles. The number of carboxylic acid groups (broad SMARTS) is 1. The Balaban J connectivity index is 2.41. The molecule has 0 atom stereocenters. The Hall–Kier alpha value is -2.31. The lowest BCUT2D eigenvalue weighted by atomic mass is 10.4. The zero-order chi connectivity index (χ0) is 11.7. The van der Waals surface area contributed by atoms with Crippen LogP contribution in [0.2, 0.25) is 0 Å². The molecular weight excluding hydrogens is 210 g/mol. The first-order chi connectivity index (χ1) is 7.61. The quantitative estimate of drug-likeness (QED) is 0.780. The number of aromatic nitrogens is 4. The molecule has 84 valence electrons. The number of nitrogens with two attached hydrogens (primary N) is 1. The number of anilines is 1. The van der Waals surface area contributed by atoms with E-state index >= 15 is 0 Å². The second-order valence-electron chi connectivity index (χ2n) is 3.24. The number of carboxylic acids is 1. The van der Waals surface area contributed by atoms with Crippen molar-refractivity contribution in [2.24, 2.45) is 0 Å². The number of carbonyl (C=O) groups is 1. The van der Waals surface area contributed by atoms with Gasteiger partial charge in [0.2, 0.25) is 0 Å². The van der Waals surface area contributed by atoms with Crippen LogP contribution in [-0.2, 0) is 6.54 Å². The monoisotopic (exact) mass is 221 g/mol. The Bertz CT molecular complexity index is 528. The largest absolute Gasteiger partial charge is 0.478 e. The van der Waals surface area contributed by atoms with E-state index in [2.05, 4.69) is 10.2 Å². The first-order valence-corrected chi connectivity index (χ1v) is 4.73. The van der Waals surface area contributed by atoms with Crippen molar-refractivity contribution < 1.29 is 9.90 Å². The number of aryl methyl sites for hydroxylation is 1. The summed E-state index contributed by atoms with van der Waals surface area (Å²) >= 11 is 0. The molecule has 7 nitrogen and oxygen atoms in total. The van der Waals surface area contributed by atoms with Gasteiger partial charge in [-0.15, -0.1) is 0 Å². The van der Waals surface area contributed by atoms with Gasteiger partial charge in [-0.25, -0.2) is 9.48 Å². The molecule has 2 heterocycles. The Kier molecular flexibility index (Phi) is 2.35. The summed E-state index contributed by atoms with van der Waals surface area (Å²) in [5.74, 6) is -0.589. The van der Waals surface area contributed by atoms with E-state index in [0.29, 0.717) is 18.1 Å². The van der Waals surface area contributed by atoms with Gasteiger partial charge < -0.3 is 10.8 Å². The summed E-state index contributed by atoms with van der Waals surface area (Å²) in [4.78, 5) is 10.7. The fourth-order valence-corrected chi connectivity index (χ4v) is 1.32. The van der Waals surface area contributed by atoms with Gasteiger partial charge in [0.25, 0.3) is 0 Å². The Morgan fingerprint density at radius 1 is 1.56 bits per heavy atom. The van der Waals surface area contributed by atoms with E-state index in [1.54, 1.807) is 10.9 Å². The molecule has 2 rings (SSSR count). The highest BCUT2D eigenvalue weighted by atomic mass is 16.4. The van der Waals surface area contributed by atoms with Gasteiger partial charge in [-0.1, -0.05) is 0 Å². The number of hydrogen-bond acceptors (Lipinski definition) is 4. The Labute approximate surface area is 91.1 Å². The summed E-state index contributed by atoms with van der Waals surface area (Å²) in [6.07, 6.45) is 4.31. The molecule has 0 aliphatic heterocycles. The lowest BCUT2D eigenvalue weighted by Gasteiger charge is -1.96. The number of aromatic carboxylic acids is 1. The summed E-state index contributed by atoms with van der Waals surface area (Å²) in [6, 6.07) is 0. The second-order valence-corrected chi connectivity index (χ2v) is 3.24. The topological polar surface area (TPSA) is 99.0 Å². The van der Waals surface area contributed by atoms with Crippen LogP contribution in [0, 0.1) is 0 Å². The molecule has 0 fully saturated rings. The second kappa shape index (κ2) is 3.69. The minimum absolute atomic E-state index is 0.102. The number of nitrogens with zero attached hydrogens (tertiary/aromatic N) is 4. The normalized spacial score (nSPS) is 10.6. The third-order valence-electron chi connectivity index (χ3n) is 2.14. The van der Waals surface area contributed by atoms with Crippen molar-refractivity contribution in [2.75, 3.05) is 5.73 Å². The van der Waals surface area contributed by atoms with Gasteiger partial charge in [0.05, 0.1) is 23.6 Å². The maximum Gasteiger partial charge on any atom is 0.338 e. The Morgan fingerprint density at radius 2 is 2.31 bits per heavy atom. The molecule has 16 heavy (non-hydrogen) atoms. The zero-order valence-corrected chi connectivity index (χ0v) is 8.66. The van der Waals surface area contributed by atoms with Crippen LogP contribution < -0.4 is 5.73 Å². The van der Waals surface area contributed by atoms with Crippen molar-refractivity contribution in [1.29, 1.82) is 0 Å². The van der Waals surface area contributed by atoms with E-state index in [4.69, 9.17) is 10.8 Å². The van der Waals surface area contributed by atoms with Crippen LogP contribution in [-0.4, -0.2) is 30.6 Å². The minimum Gasteiger partial charge on any atom is -0.478 e. The van der Waals surface area contributed by atoms with Gasteiger partial charge in [0.1, 0.15) is 0 Å². The third-order valence-corrected chi connectivity index (χ3v) is 2.14. The molecule has 0 saturated carbocycles. The molecule has 3 N–H and O–H groups in total.